The van der Waals surface area contributed by atoms with Crippen molar-refractivity contribution in [2.45, 2.75) is 86.5 Å². The molecule has 23 heavy (non-hydrogen) atoms. The van der Waals surface area contributed by atoms with Crippen molar-refractivity contribution in [2.75, 3.05) is 6.61 Å². The summed E-state index contributed by atoms with van der Waals surface area (Å²) < 4.78 is 0. The lowest BCUT2D eigenvalue weighted by atomic mass is 10.0. The van der Waals surface area contributed by atoms with Gasteiger partial charge < -0.3 is 5.11 Å². The Bertz CT molecular complexity index is 437. The van der Waals surface area contributed by atoms with Gasteiger partial charge in [-0.25, -0.2) is 0 Å². The van der Waals surface area contributed by atoms with E-state index >= 15 is 0 Å². The molecule has 0 bridgehead atoms. The average Bonchev–Trinajstić information content (AvgIpc) is 2.48. The van der Waals surface area contributed by atoms with Crippen LogP contribution in [0.2, 0.25) is 0 Å². The molecule has 0 spiro atoms. The Kier molecular flexibility index (Phi) is 12.7. The summed E-state index contributed by atoms with van der Waals surface area (Å²) in [7, 11) is 0. The van der Waals surface area contributed by atoms with E-state index in [9.17, 15) is 5.11 Å². The van der Waals surface area contributed by atoms with E-state index in [2.05, 4.69) is 59.8 Å². The third-order valence-corrected chi connectivity index (χ3v) is 4.36. The molecule has 132 valence electrons. The largest absolute Gasteiger partial charge is 0.392 e. The molecule has 0 aliphatic heterocycles. The first kappa shape index (κ1) is 21.9. The summed E-state index contributed by atoms with van der Waals surface area (Å²) in [5.41, 5.74) is 6.95. The molecule has 0 atom stereocenters. The first-order valence-electron chi connectivity index (χ1n) is 9.13. The molecule has 1 heteroatoms. The quantitative estimate of drug-likeness (QED) is 0.410. The monoisotopic (exact) mass is 318 g/mol. The maximum Gasteiger partial charge on any atom is 0.0644 e. The second-order valence-electron chi connectivity index (χ2n) is 6.89. The summed E-state index contributed by atoms with van der Waals surface area (Å²) in [5, 5.41) is 9.28. The normalized spacial score (nSPS) is 13.9. The van der Waals surface area contributed by atoms with Crippen molar-refractivity contribution >= 4 is 0 Å². The lowest BCUT2D eigenvalue weighted by molar-refractivity contribution is 0.326. The topological polar surface area (TPSA) is 20.2 Å². The molecule has 0 radical (unpaired) electrons. The van der Waals surface area contributed by atoms with Crippen LogP contribution in [0.5, 0.6) is 0 Å². The Labute approximate surface area is 144 Å². The van der Waals surface area contributed by atoms with E-state index in [1.165, 1.54) is 34.3 Å². The first-order chi connectivity index (χ1) is 10.9. The summed E-state index contributed by atoms with van der Waals surface area (Å²) in [5.74, 6) is 0. The summed E-state index contributed by atoms with van der Waals surface area (Å²) in [6.07, 6.45) is 14.8. The molecular formula is C22H38O. The highest BCUT2D eigenvalue weighted by Crippen LogP contribution is 2.16. The standard InChI is InChI=1S/C22H38O/c1-7-22(17-23)21(6)16-10-15-20(5)14-9-13-19(4)12-8-11-18(2)3/h11,13,15,23H,7-10,12,14,16-17H2,1-6H3/b19-13+,20-15+,22-21+. The minimum Gasteiger partial charge on any atom is -0.392 e. The molecule has 0 amide bonds. The van der Waals surface area contributed by atoms with Crippen LogP contribution in [0.25, 0.3) is 0 Å². The molecule has 0 heterocycles. The van der Waals surface area contributed by atoms with Crippen molar-refractivity contribution in [1.29, 1.82) is 0 Å². The fraction of sp³-hybridized carbons (Fsp3) is 0.636. The van der Waals surface area contributed by atoms with Crippen LogP contribution >= 0.6 is 0 Å². The highest BCUT2D eigenvalue weighted by molar-refractivity contribution is 5.13. The van der Waals surface area contributed by atoms with Crippen LogP contribution in [0.1, 0.15) is 86.5 Å². The van der Waals surface area contributed by atoms with E-state index in [1.807, 2.05) is 0 Å². The van der Waals surface area contributed by atoms with Crippen LogP contribution in [0.4, 0.5) is 0 Å². The first-order valence-corrected chi connectivity index (χ1v) is 9.13. The molecule has 0 saturated heterocycles. The van der Waals surface area contributed by atoms with E-state index in [0.717, 1.165) is 38.5 Å². The molecule has 0 aliphatic rings. The van der Waals surface area contributed by atoms with Gasteiger partial charge in [-0.05, 0) is 85.1 Å². The van der Waals surface area contributed by atoms with Gasteiger partial charge in [-0.1, -0.05) is 47.4 Å². The molecule has 0 rings (SSSR count). The fourth-order valence-electron chi connectivity index (χ4n) is 2.60. The van der Waals surface area contributed by atoms with Gasteiger partial charge in [0.25, 0.3) is 0 Å². The van der Waals surface area contributed by atoms with E-state index in [1.54, 1.807) is 0 Å². The summed E-state index contributed by atoms with van der Waals surface area (Å²) >= 11 is 0. The maximum atomic E-state index is 9.28. The number of aliphatic hydroxyl groups is 1. The fourth-order valence-corrected chi connectivity index (χ4v) is 2.60. The van der Waals surface area contributed by atoms with Crippen LogP contribution in [-0.4, -0.2) is 11.7 Å². The Hall–Kier alpha value is -1.08. The van der Waals surface area contributed by atoms with Crippen molar-refractivity contribution in [3.8, 4) is 0 Å². The third-order valence-electron chi connectivity index (χ3n) is 4.36. The van der Waals surface area contributed by atoms with Gasteiger partial charge in [0, 0.05) is 0 Å². The molecule has 0 aromatic rings. The summed E-state index contributed by atoms with van der Waals surface area (Å²) in [6, 6.07) is 0. The molecule has 0 aromatic heterocycles. The SMILES string of the molecule is CC/C(CO)=C(/C)CC/C=C(\C)CC/C=C(\C)CCC=C(C)C. The minimum atomic E-state index is 0.210. The van der Waals surface area contributed by atoms with Gasteiger partial charge >= 0.3 is 0 Å². The molecule has 0 aromatic carbocycles. The van der Waals surface area contributed by atoms with Crippen LogP contribution in [-0.2, 0) is 0 Å². The van der Waals surface area contributed by atoms with Gasteiger partial charge in [-0.3, -0.25) is 0 Å². The molecule has 1 nitrogen and oxygen atoms in total. The predicted octanol–water partition coefficient (Wildman–Crippen LogP) is 6.90. The lowest BCUT2D eigenvalue weighted by Crippen LogP contribution is -1.93. The highest BCUT2D eigenvalue weighted by Gasteiger charge is 1.98. The molecule has 0 unspecified atom stereocenters. The zero-order valence-electron chi connectivity index (χ0n) is 16.3. The highest BCUT2D eigenvalue weighted by atomic mass is 16.3. The molecule has 0 saturated carbocycles. The number of aliphatic hydroxyl groups excluding tert-OH is 1. The minimum absolute atomic E-state index is 0.210. The van der Waals surface area contributed by atoms with Crippen molar-refractivity contribution in [3.05, 3.63) is 46.1 Å². The predicted molar refractivity (Wildman–Crippen MR) is 105 cm³/mol. The van der Waals surface area contributed by atoms with E-state index in [-0.39, 0.29) is 6.61 Å². The molecular weight excluding hydrogens is 280 g/mol. The number of allylic oxidation sites excluding steroid dienone is 7. The zero-order valence-corrected chi connectivity index (χ0v) is 16.3. The second-order valence-corrected chi connectivity index (χ2v) is 6.89. The Morgan fingerprint density at radius 1 is 0.739 bits per heavy atom. The van der Waals surface area contributed by atoms with Gasteiger partial charge in [-0.2, -0.15) is 0 Å². The van der Waals surface area contributed by atoms with Gasteiger partial charge in [-0.15, -0.1) is 0 Å². The van der Waals surface area contributed by atoms with Crippen molar-refractivity contribution in [3.63, 3.8) is 0 Å². The van der Waals surface area contributed by atoms with Crippen LogP contribution in [0, 0.1) is 0 Å². The smallest absolute Gasteiger partial charge is 0.0644 e. The van der Waals surface area contributed by atoms with E-state index in [4.69, 9.17) is 0 Å². The molecule has 1 N–H and O–H groups in total. The van der Waals surface area contributed by atoms with Crippen LogP contribution in [0.3, 0.4) is 0 Å². The third kappa shape index (κ3) is 12.1. The molecule has 0 aliphatic carbocycles. The van der Waals surface area contributed by atoms with E-state index in [0.29, 0.717) is 0 Å². The van der Waals surface area contributed by atoms with E-state index < -0.39 is 0 Å². The van der Waals surface area contributed by atoms with Gasteiger partial charge in [0.1, 0.15) is 0 Å². The second kappa shape index (κ2) is 13.4. The average molecular weight is 319 g/mol. The van der Waals surface area contributed by atoms with Crippen LogP contribution in [0.15, 0.2) is 46.1 Å². The lowest BCUT2D eigenvalue weighted by Gasteiger charge is -2.07. The van der Waals surface area contributed by atoms with Gasteiger partial charge in [0.2, 0.25) is 0 Å². The molecule has 0 fully saturated rings. The van der Waals surface area contributed by atoms with Crippen molar-refractivity contribution in [2.24, 2.45) is 0 Å². The number of hydrogen-bond donors (Lipinski definition) is 1. The number of rotatable bonds is 11. The summed E-state index contributed by atoms with van der Waals surface area (Å²) in [4.78, 5) is 0. The van der Waals surface area contributed by atoms with Gasteiger partial charge in [0.05, 0.1) is 6.61 Å². The van der Waals surface area contributed by atoms with Gasteiger partial charge in [0.15, 0.2) is 0 Å². The zero-order chi connectivity index (χ0) is 17.7. The number of hydrogen-bond acceptors (Lipinski definition) is 1. The van der Waals surface area contributed by atoms with Crippen molar-refractivity contribution < 1.29 is 5.11 Å². The Morgan fingerprint density at radius 3 is 1.65 bits per heavy atom. The maximum absolute atomic E-state index is 9.28. The van der Waals surface area contributed by atoms with Crippen molar-refractivity contribution in [1.82, 2.24) is 0 Å². The Balaban J connectivity index is 4.12. The summed E-state index contributed by atoms with van der Waals surface area (Å²) in [6.45, 7) is 13.3. The van der Waals surface area contributed by atoms with Crippen LogP contribution < -0.4 is 0 Å². The Morgan fingerprint density at radius 2 is 1.22 bits per heavy atom.